The Balaban J connectivity index is 1.82. The fourth-order valence-corrected chi connectivity index (χ4v) is 2.61. The van der Waals surface area contributed by atoms with Crippen molar-refractivity contribution in [2.24, 2.45) is 0 Å². The average molecular weight is 298 g/mol. The van der Waals surface area contributed by atoms with E-state index >= 15 is 0 Å². The minimum Gasteiger partial charge on any atom is -0.366 e. The van der Waals surface area contributed by atoms with Crippen molar-refractivity contribution in [2.75, 3.05) is 66.5 Å². The zero-order chi connectivity index (χ0) is 15.2. The Kier molecular flexibility index (Phi) is 5.96. The number of morpholine rings is 1. The van der Waals surface area contributed by atoms with E-state index in [0.29, 0.717) is 26.2 Å². The molecule has 0 aromatic carbocycles. The summed E-state index contributed by atoms with van der Waals surface area (Å²) in [6, 6.07) is 0. The summed E-state index contributed by atoms with van der Waals surface area (Å²) >= 11 is 0. The second-order valence-corrected chi connectivity index (χ2v) is 5.81. The van der Waals surface area contributed by atoms with Gasteiger partial charge in [0.2, 0.25) is 5.91 Å². The Hall–Kier alpha value is -1.18. The molecule has 0 spiro atoms. The van der Waals surface area contributed by atoms with Gasteiger partial charge in [0, 0.05) is 53.4 Å². The van der Waals surface area contributed by atoms with Crippen LogP contribution in [0.2, 0.25) is 0 Å². The van der Waals surface area contributed by atoms with E-state index in [2.05, 4.69) is 10.2 Å². The molecule has 0 bridgehead atoms. The van der Waals surface area contributed by atoms with Crippen molar-refractivity contribution in [1.29, 1.82) is 0 Å². The van der Waals surface area contributed by atoms with Crippen LogP contribution in [0, 0.1) is 0 Å². The zero-order valence-corrected chi connectivity index (χ0v) is 13.0. The third kappa shape index (κ3) is 4.66. The SMILES string of the molecule is CN(C)C(=O)CN1CCCN(C(=O)C2CNCCO2)CC1. The predicted molar refractivity (Wildman–Crippen MR) is 78.9 cm³/mol. The van der Waals surface area contributed by atoms with Crippen LogP contribution in [0.4, 0.5) is 0 Å². The second-order valence-electron chi connectivity index (χ2n) is 5.81. The zero-order valence-electron chi connectivity index (χ0n) is 13.0. The minimum atomic E-state index is -0.353. The van der Waals surface area contributed by atoms with Gasteiger partial charge in [-0.1, -0.05) is 0 Å². The van der Waals surface area contributed by atoms with Crippen molar-refractivity contribution in [2.45, 2.75) is 12.5 Å². The molecular formula is C14H26N4O3. The van der Waals surface area contributed by atoms with Gasteiger partial charge in [0.25, 0.3) is 5.91 Å². The molecule has 2 rings (SSSR count). The van der Waals surface area contributed by atoms with Gasteiger partial charge in [0.15, 0.2) is 0 Å². The third-order valence-electron chi connectivity index (χ3n) is 3.96. The molecule has 120 valence electrons. The first-order chi connectivity index (χ1) is 10.1. The molecule has 0 aliphatic carbocycles. The Morgan fingerprint density at radius 3 is 2.71 bits per heavy atom. The van der Waals surface area contributed by atoms with Crippen LogP contribution in [-0.4, -0.2) is 99.1 Å². The molecular weight excluding hydrogens is 272 g/mol. The number of ether oxygens (including phenoxy) is 1. The van der Waals surface area contributed by atoms with Gasteiger partial charge in [-0.15, -0.1) is 0 Å². The molecule has 1 unspecified atom stereocenters. The fourth-order valence-electron chi connectivity index (χ4n) is 2.61. The molecule has 0 radical (unpaired) electrons. The van der Waals surface area contributed by atoms with E-state index in [9.17, 15) is 9.59 Å². The monoisotopic (exact) mass is 298 g/mol. The van der Waals surface area contributed by atoms with Gasteiger partial charge in [0.1, 0.15) is 6.10 Å². The summed E-state index contributed by atoms with van der Waals surface area (Å²) in [6.45, 7) is 5.43. The molecule has 7 heteroatoms. The number of carbonyl (C=O) groups excluding carboxylic acids is 2. The summed E-state index contributed by atoms with van der Waals surface area (Å²) in [6.07, 6.45) is 0.542. The molecule has 0 aromatic heterocycles. The molecule has 0 saturated carbocycles. The van der Waals surface area contributed by atoms with E-state index < -0.39 is 0 Å². The van der Waals surface area contributed by atoms with Gasteiger partial charge in [-0.25, -0.2) is 0 Å². The van der Waals surface area contributed by atoms with Gasteiger partial charge in [-0.2, -0.15) is 0 Å². The van der Waals surface area contributed by atoms with Gasteiger partial charge in [-0.05, 0) is 6.42 Å². The minimum absolute atomic E-state index is 0.0722. The summed E-state index contributed by atoms with van der Waals surface area (Å²) < 4.78 is 5.53. The molecule has 21 heavy (non-hydrogen) atoms. The number of rotatable bonds is 3. The number of amides is 2. The van der Waals surface area contributed by atoms with Crippen molar-refractivity contribution >= 4 is 11.8 Å². The van der Waals surface area contributed by atoms with Crippen molar-refractivity contribution in [3.8, 4) is 0 Å². The molecule has 0 aromatic rings. The molecule has 1 N–H and O–H groups in total. The van der Waals surface area contributed by atoms with Crippen molar-refractivity contribution in [3.05, 3.63) is 0 Å². The van der Waals surface area contributed by atoms with Crippen LogP contribution < -0.4 is 5.32 Å². The molecule has 2 fully saturated rings. The van der Waals surface area contributed by atoms with E-state index in [1.54, 1.807) is 19.0 Å². The van der Waals surface area contributed by atoms with Crippen LogP contribution in [0.25, 0.3) is 0 Å². The Bertz CT molecular complexity index is 369. The largest absolute Gasteiger partial charge is 0.366 e. The van der Waals surface area contributed by atoms with Crippen LogP contribution >= 0.6 is 0 Å². The lowest BCUT2D eigenvalue weighted by atomic mass is 10.2. The fraction of sp³-hybridized carbons (Fsp3) is 0.857. The second kappa shape index (κ2) is 7.72. The summed E-state index contributed by atoms with van der Waals surface area (Å²) in [5.74, 6) is 0.178. The number of carbonyl (C=O) groups is 2. The quantitative estimate of drug-likeness (QED) is 0.694. The number of nitrogens with one attached hydrogen (secondary N) is 1. The van der Waals surface area contributed by atoms with E-state index in [0.717, 1.165) is 32.6 Å². The smallest absolute Gasteiger partial charge is 0.253 e. The highest BCUT2D eigenvalue weighted by Crippen LogP contribution is 2.08. The van der Waals surface area contributed by atoms with Crippen LogP contribution in [0.1, 0.15) is 6.42 Å². The normalized spacial score (nSPS) is 24.5. The molecule has 2 aliphatic rings. The first kappa shape index (κ1) is 16.2. The molecule has 2 amide bonds. The molecule has 7 nitrogen and oxygen atoms in total. The number of nitrogens with zero attached hydrogens (tertiary/aromatic N) is 3. The van der Waals surface area contributed by atoms with E-state index in [1.807, 2.05) is 4.90 Å². The van der Waals surface area contributed by atoms with Crippen molar-refractivity contribution < 1.29 is 14.3 Å². The lowest BCUT2D eigenvalue weighted by Gasteiger charge is -2.29. The third-order valence-corrected chi connectivity index (χ3v) is 3.96. The summed E-state index contributed by atoms with van der Waals surface area (Å²) in [5.41, 5.74) is 0. The number of likely N-dealkylation sites (N-methyl/N-ethyl adjacent to an activating group) is 1. The van der Waals surface area contributed by atoms with Gasteiger partial charge >= 0.3 is 0 Å². The summed E-state index contributed by atoms with van der Waals surface area (Å²) in [5, 5.41) is 3.18. The van der Waals surface area contributed by atoms with Gasteiger partial charge < -0.3 is 19.9 Å². The van der Waals surface area contributed by atoms with Crippen molar-refractivity contribution in [1.82, 2.24) is 20.0 Å². The van der Waals surface area contributed by atoms with Gasteiger partial charge in [0.05, 0.1) is 13.2 Å². The van der Waals surface area contributed by atoms with E-state index in [1.165, 1.54) is 0 Å². The molecule has 2 heterocycles. The maximum atomic E-state index is 12.4. The summed E-state index contributed by atoms with van der Waals surface area (Å²) in [4.78, 5) is 29.8. The average Bonchev–Trinajstić information content (AvgIpc) is 2.73. The highest BCUT2D eigenvalue weighted by Gasteiger charge is 2.28. The lowest BCUT2D eigenvalue weighted by Crippen LogP contribution is -2.50. The topological polar surface area (TPSA) is 65.1 Å². The Morgan fingerprint density at radius 1 is 1.24 bits per heavy atom. The highest BCUT2D eigenvalue weighted by atomic mass is 16.5. The van der Waals surface area contributed by atoms with Crippen LogP contribution in [0.5, 0.6) is 0 Å². The van der Waals surface area contributed by atoms with E-state index in [4.69, 9.17) is 4.74 Å². The molecule has 1 atom stereocenters. The molecule has 2 saturated heterocycles. The number of hydrogen-bond acceptors (Lipinski definition) is 5. The highest BCUT2D eigenvalue weighted by molar-refractivity contribution is 5.81. The first-order valence-electron chi connectivity index (χ1n) is 7.61. The number of hydrogen-bond donors (Lipinski definition) is 1. The Morgan fingerprint density at radius 2 is 2.05 bits per heavy atom. The predicted octanol–water partition coefficient (Wildman–Crippen LogP) is -1.40. The first-order valence-corrected chi connectivity index (χ1v) is 7.61. The van der Waals surface area contributed by atoms with Crippen LogP contribution in [0.15, 0.2) is 0 Å². The van der Waals surface area contributed by atoms with Crippen LogP contribution in [0.3, 0.4) is 0 Å². The maximum absolute atomic E-state index is 12.4. The van der Waals surface area contributed by atoms with Gasteiger partial charge in [-0.3, -0.25) is 14.5 Å². The summed E-state index contributed by atoms with van der Waals surface area (Å²) in [7, 11) is 3.53. The van der Waals surface area contributed by atoms with Crippen molar-refractivity contribution in [3.63, 3.8) is 0 Å². The maximum Gasteiger partial charge on any atom is 0.253 e. The Labute approximate surface area is 126 Å². The standard InChI is InChI=1S/C14H26N4O3/c1-16(2)13(19)11-17-5-3-6-18(8-7-17)14(20)12-10-15-4-9-21-12/h12,15H,3-11H2,1-2H3. The lowest BCUT2D eigenvalue weighted by molar-refractivity contribution is -0.145. The van der Waals surface area contributed by atoms with Crippen LogP contribution in [-0.2, 0) is 14.3 Å². The van der Waals surface area contributed by atoms with E-state index in [-0.39, 0.29) is 17.9 Å². The molecule has 2 aliphatic heterocycles.